The van der Waals surface area contributed by atoms with Crippen LogP contribution in [0.2, 0.25) is 5.02 Å². The molecule has 36 heavy (non-hydrogen) atoms. The molecule has 1 aliphatic rings. The zero-order valence-electron chi connectivity index (χ0n) is 20.0. The summed E-state index contributed by atoms with van der Waals surface area (Å²) in [6.07, 6.45) is 3.74. The van der Waals surface area contributed by atoms with Gasteiger partial charge in [0.25, 0.3) is 5.91 Å². The SMILES string of the molecule is Cc1cn2nc([C@H](CO)N(C)C(=O)c3cc(Cl)ccc3NS(C)(=O)=O)cc2nc1N1CC[C@H](N)C1.Cl. The second-order valence-electron chi connectivity index (χ2n) is 8.79. The number of hydrogen-bond donors (Lipinski definition) is 3. The van der Waals surface area contributed by atoms with Crippen LogP contribution in [0.5, 0.6) is 0 Å². The summed E-state index contributed by atoms with van der Waals surface area (Å²) in [4.78, 5) is 21.5. The summed E-state index contributed by atoms with van der Waals surface area (Å²) in [6.45, 7) is 3.09. The predicted molar refractivity (Wildman–Crippen MR) is 142 cm³/mol. The molecule has 0 spiro atoms. The van der Waals surface area contributed by atoms with E-state index in [9.17, 15) is 18.3 Å². The second kappa shape index (κ2) is 10.8. The fraction of sp³-hybridized carbons (Fsp3) is 0.409. The van der Waals surface area contributed by atoms with Crippen molar-refractivity contribution in [3.05, 3.63) is 52.3 Å². The van der Waals surface area contributed by atoms with Crippen molar-refractivity contribution in [3.63, 3.8) is 0 Å². The Morgan fingerprint density at radius 1 is 1.39 bits per heavy atom. The molecular weight excluding hydrogens is 529 g/mol. The minimum atomic E-state index is -3.63. The van der Waals surface area contributed by atoms with Crippen LogP contribution in [0, 0.1) is 6.92 Å². The van der Waals surface area contributed by atoms with Gasteiger partial charge in [0.2, 0.25) is 10.0 Å². The van der Waals surface area contributed by atoms with E-state index in [0.717, 1.165) is 37.1 Å². The summed E-state index contributed by atoms with van der Waals surface area (Å²) in [7, 11) is -2.13. The van der Waals surface area contributed by atoms with Crippen LogP contribution in [0.4, 0.5) is 11.5 Å². The molecule has 0 radical (unpaired) electrons. The van der Waals surface area contributed by atoms with E-state index in [0.29, 0.717) is 11.3 Å². The summed E-state index contributed by atoms with van der Waals surface area (Å²) < 4.78 is 27.5. The number of amides is 1. The lowest BCUT2D eigenvalue weighted by atomic mass is 10.1. The van der Waals surface area contributed by atoms with Gasteiger partial charge in [-0.15, -0.1) is 12.4 Å². The topological polar surface area (TPSA) is 146 Å². The maximum Gasteiger partial charge on any atom is 0.256 e. The highest BCUT2D eigenvalue weighted by molar-refractivity contribution is 7.92. The number of aliphatic hydroxyl groups excluding tert-OH is 1. The molecule has 1 aliphatic heterocycles. The first kappa shape index (κ1) is 27.9. The molecule has 0 aliphatic carbocycles. The molecular formula is C22H29Cl2N7O4S. The Bertz CT molecular complexity index is 1380. The first-order chi connectivity index (χ1) is 16.5. The zero-order valence-corrected chi connectivity index (χ0v) is 22.4. The van der Waals surface area contributed by atoms with E-state index in [-0.39, 0.29) is 34.7 Å². The van der Waals surface area contributed by atoms with Crippen LogP contribution in [0.1, 0.15) is 34.1 Å². The molecule has 4 N–H and O–H groups in total. The number of hydrogen-bond acceptors (Lipinski definition) is 8. The molecule has 2 atom stereocenters. The van der Waals surface area contributed by atoms with Crippen LogP contribution in [0.25, 0.3) is 5.65 Å². The fourth-order valence-electron chi connectivity index (χ4n) is 4.21. The van der Waals surface area contributed by atoms with Gasteiger partial charge in [0.05, 0.1) is 35.8 Å². The van der Waals surface area contributed by atoms with Crippen LogP contribution < -0.4 is 15.4 Å². The highest BCUT2D eigenvalue weighted by Gasteiger charge is 2.28. The Hall–Kier alpha value is -2.64. The van der Waals surface area contributed by atoms with Gasteiger partial charge < -0.3 is 20.6 Å². The summed E-state index contributed by atoms with van der Waals surface area (Å²) in [6, 6.07) is 5.30. The van der Waals surface area contributed by atoms with Gasteiger partial charge in [-0.05, 0) is 31.5 Å². The highest BCUT2D eigenvalue weighted by Crippen LogP contribution is 2.28. The van der Waals surface area contributed by atoms with E-state index in [1.165, 1.54) is 30.1 Å². The summed E-state index contributed by atoms with van der Waals surface area (Å²) in [5, 5.41) is 15.0. The number of benzene rings is 1. The molecule has 4 rings (SSSR count). The van der Waals surface area contributed by atoms with Crippen molar-refractivity contribution in [2.75, 3.05) is 42.6 Å². The number of nitrogens with one attached hydrogen (secondary N) is 1. The number of carbonyl (C=O) groups excluding carboxylic acids is 1. The number of rotatable bonds is 7. The van der Waals surface area contributed by atoms with Crippen LogP contribution >= 0.6 is 24.0 Å². The molecule has 1 saturated heterocycles. The minimum absolute atomic E-state index is 0. The number of aliphatic hydroxyl groups is 1. The van der Waals surface area contributed by atoms with Crippen molar-refractivity contribution in [1.82, 2.24) is 19.5 Å². The molecule has 1 amide bonds. The molecule has 1 fully saturated rings. The third kappa shape index (κ3) is 5.84. The number of aryl methyl sites for hydroxylation is 1. The normalized spacial score (nSPS) is 16.6. The Labute approximate surface area is 220 Å². The van der Waals surface area contributed by atoms with Gasteiger partial charge in [-0.1, -0.05) is 11.6 Å². The van der Waals surface area contributed by atoms with E-state index >= 15 is 0 Å². The highest BCUT2D eigenvalue weighted by atomic mass is 35.5. The zero-order chi connectivity index (χ0) is 25.5. The van der Waals surface area contributed by atoms with Gasteiger partial charge in [-0.3, -0.25) is 9.52 Å². The molecule has 14 heteroatoms. The first-order valence-corrected chi connectivity index (χ1v) is 13.3. The number of likely N-dealkylation sites (N-methyl/N-ethyl adjacent to an activating group) is 1. The van der Waals surface area contributed by atoms with Gasteiger partial charge in [0.1, 0.15) is 5.82 Å². The van der Waals surface area contributed by atoms with E-state index in [1.54, 1.807) is 10.6 Å². The minimum Gasteiger partial charge on any atom is -0.394 e. The standard InChI is InChI=1S/C22H28ClN7O4S.ClH/c1-13-10-30-20(25-21(13)29-7-6-15(24)11-29)9-18(26-30)19(12-31)28(2)22(32)16-8-14(23)4-5-17(16)27-35(3,33)34;/h4-5,8-10,15,19,27,31H,6-7,11-12,24H2,1-3H3;1H/t15-,19-;/m0./s1. The molecule has 1 aromatic carbocycles. The predicted octanol–water partition coefficient (Wildman–Crippen LogP) is 1.83. The third-order valence-electron chi connectivity index (χ3n) is 5.96. The van der Waals surface area contributed by atoms with Crippen LogP contribution in [0.3, 0.4) is 0 Å². The Morgan fingerprint density at radius 3 is 2.72 bits per heavy atom. The van der Waals surface area contributed by atoms with E-state index in [2.05, 4.69) is 14.7 Å². The lowest BCUT2D eigenvalue weighted by Gasteiger charge is -2.26. The Balaban J connectivity index is 0.00000361. The quantitative estimate of drug-likeness (QED) is 0.398. The van der Waals surface area contributed by atoms with Crippen molar-refractivity contribution < 1.29 is 18.3 Å². The lowest BCUT2D eigenvalue weighted by Crippen LogP contribution is -2.34. The number of anilines is 2. The first-order valence-electron chi connectivity index (χ1n) is 11.0. The summed E-state index contributed by atoms with van der Waals surface area (Å²) in [5.74, 6) is 0.294. The molecule has 196 valence electrons. The van der Waals surface area contributed by atoms with E-state index < -0.39 is 28.6 Å². The average molecular weight is 558 g/mol. The maximum atomic E-state index is 13.4. The number of nitrogens with two attached hydrogens (primary N) is 1. The van der Waals surface area contributed by atoms with Crippen LogP contribution in [-0.4, -0.2) is 78.0 Å². The molecule has 0 bridgehead atoms. The Morgan fingerprint density at radius 2 is 2.11 bits per heavy atom. The van der Waals surface area contributed by atoms with Gasteiger partial charge in [-0.2, -0.15) is 5.10 Å². The van der Waals surface area contributed by atoms with Gasteiger partial charge >= 0.3 is 0 Å². The molecule has 3 aromatic rings. The number of aromatic nitrogens is 3. The summed E-state index contributed by atoms with van der Waals surface area (Å²) >= 11 is 6.08. The smallest absolute Gasteiger partial charge is 0.256 e. The van der Waals surface area contributed by atoms with Gasteiger partial charge in [-0.25, -0.2) is 17.9 Å². The number of carbonyl (C=O) groups is 1. The molecule has 2 aromatic heterocycles. The van der Waals surface area contributed by atoms with Crippen molar-refractivity contribution in [2.24, 2.45) is 5.73 Å². The second-order valence-corrected chi connectivity index (χ2v) is 11.0. The monoisotopic (exact) mass is 557 g/mol. The van der Waals surface area contributed by atoms with Gasteiger partial charge in [0, 0.05) is 49.0 Å². The molecule has 3 heterocycles. The largest absolute Gasteiger partial charge is 0.394 e. The van der Waals surface area contributed by atoms with Crippen molar-refractivity contribution in [1.29, 1.82) is 0 Å². The van der Waals surface area contributed by atoms with Gasteiger partial charge in [0.15, 0.2) is 5.65 Å². The van der Waals surface area contributed by atoms with Crippen LogP contribution in [0.15, 0.2) is 30.5 Å². The number of sulfonamides is 1. The third-order valence-corrected chi connectivity index (χ3v) is 6.78. The number of nitrogens with zero attached hydrogens (tertiary/aromatic N) is 5. The van der Waals surface area contributed by atoms with Crippen molar-refractivity contribution in [2.45, 2.75) is 25.4 Å². The van der Waals surface area contributed by atoms with Crippen LogP contribution in [-0.2, 0) is 10.0 Å². The Kier molecular flexibility index (Phi) is 8.36. The average Bonchev–Trinajstić information content (AvgIpc) is 3.39. The van der Waals surface area contributed by atoms with E-state index in [4.69, 9.17) is 22.3 Å². The van der Waals surface area contributed by atoms with E-state index in [1.807, 2.05) is 13.1 Å². The van der Waals surface area contributed by atoms with Crippen molar-refractivity contribution >= 4 is 57.1 Å². The number of fused-ring (bicyclic) bond motifs is 1. The maximum absolute atomic E-state index is 13.4. The molecule has 0 saturated carbocycles. The lowest BCUT2D eigenvalue weighted by molar-refractivity contribution is 0.0653. The summed E-state index contributed by atoms with van der Waals surface area (Å²) in [5.41, 5.74) is 8.13. The molecule has 0 unspecified atom stereocenters. The number of halogens is 2. The van der Waals surface area contributed by atoms with Crippen molar-refractivity contribution in [3.8, 4) is 0 Å². The fourth-order valence-corrected chi connectivity index (χ4v) is 4.96. The molecule has 11 nitrogen and oxygen atoms in total.